The van der Waals surface area contributed by atoms with Crippen molar-refractivity contribution in [3.05, 3.63) is 34.4 Å². The molecule has 2 fully saturated rings. The fraction of sp³-hybridized carbons (Fsp3) is 0.611. The summed E-state index contributed by atoms with van der Waals surface area (Å²) in [6.07, 6.45) is 1.43. The molecule has 1 aromatic rings. The summed E-state index contributed by atoms with van der Waals surface area (Å²) >= 11 is 0. The number of amides is 1. The molecule has 0 radical (unpaired) electrons. The van der Waals surface area contributed by atoms with E-state index in [9.17, 15) is 23.3 Å². The number of hydrazine groups is 1. The Bertz CT molecular complexity index is 898. The Morgan fingerprint density at radius 1 is 1.24 bits per heavy atom. The first-order valence-electron chi connectivity index (χ1n) is 9.56. The molecule has 0 spiro atoms. The van der Waals surface area contributed by atoms with E-state index in [1.165, 1.54) is 12.1 Å². The molecular formula is C18H27N5O5S. The lowest BCUT2D eigenvalue weighted by Gasteiger charge is -2.28. The number of sulfonamides is 1. The molecule has 4 N–H and O–H groups in total. The predicted molar refractivity (Wildman–Crippen MR) is 107 cm³/mol. The highest BCUT2D eigenvalue weighted by Gasteiger charge is 2.46. The number of nitrogens with one attached hydrogen (secondary N) is 4. The van der Waals surface area contributed by atoms with Crippen LogP contribution in [0.25, 0.3) is 0 Å². The molecule has 1 aliphatic carbocycles. The van der Waals surface area contributed by atoms with Crippen molar-refractivity contribution in [1.82, 2.24) is 15.6 Å². The summed E-state index contributed by atoms with van der Waals surface area (Å²) in [6, 6.07) is 4.74. The molecule has 4 unspecified atom stereocenters. The second-order valence-electron chi connectivity index (χ2n) is 8.66. The van der Waals surface area contributed by atoms with Crippen LogP contribution in [0, 0.1) is 16.0 Å². The van der Waals surface area contributed by atoms with Crippen LogP contribution in [0.3, 0.4) is 0 Å². The van der Waals surface area contributed by atoms with Crippen molar-refractivity contribution in [2.75, 3.05) is 5.32 Å². The second-order valence-corrected chi connectivity index (χ2v) is 10.3. The fourth-order valence-corrected chi connectivity index (χ4v) is 5.37. The van der Waals surface area contributed by atoms with Crippen molar-refractivity contribution in [2.45, 2.75) is 68.6 Å². The maximum absolute atomic E-state index is 12.8. The van der Waals surface area contributed by atoms with E-state index in [0.717, 1.165) is 0 Å². The van der Waals surface area contributed by atoms with Crippen LogP contribution >= 0.6 is 0 Å². The lowest BCUT2D eigenvalue weighted by molar-refractivity contribution is -0.528. The number of benzene rings is 1. The quantitative estimate of drug-likeness (QED) is 0.407. The van der Waals surface area contributed by atoms with E-state index in [4.69, 9.17) is 0 Å². The molecule has 29 heavy (non-hydrogen) atoms. The minimum Gasteiger partial charge on any atom is -0.325 e. The topological polar surface area (TPSA) is 142 Å². The van der Waals surface area contributed by atoms with Gasteiger partial charge in [0.25, 0.3) is 0 Å². The standard InChI is InChI=1S/C18H27N5O5S/c1-18(2,3)22-29(27,28)13-6-4-5-11(9-13)19-17(24)16-14-10-12(23(25)26)7-8-15(14)20-21-16/h4-6,9,12,14-16,20-22H,7-8,10H2,1-3H3,(H,19,24). The number of nitrogens with zero attached hydrogens (tertiary/aromatic N) is 1. The highest BCUT2D eigenvalue weighted by atomic mass is 32.2. The highest BCUT2D eigenvalue weighted by Crippen LogP contribution is 2.32. The Hall–Kier alpha value is -2.08. The van der Waals surface area contributed by atoms with E-state index in [1.54, 1.807) is 32.9 Å². The highest BCUT2D eigenvalue weighted by molar-refractivity contribution is 7.89. The maximum Gasteiger partial charge on any atom is 0.243 e. The first-order valence-corrected chi connectivity index (χ1v) is 11.0. The average molecular weight is 426 g/mol. The van der Waals surface area contributed by atoms with Crippen LogP contribution in [-0.4, -0.2) is 42.9 Å². The number of rotatable bonds is 5. The van der Waals surface area contributed by atoms with Crippen molar-refractivity contribution in [3.8, 4) is 0 Å². The van der Waals surface area contributed by atoms with Gasteiger partial charge < -0.3 is 5.32 Å². The minimum atomic E-state index is -3.74. The monoisotopic (exact) mass is 425 g/mol. The number of hydrogen-bond donors (Lipinski definition) is 4. The molecule has 0 aromatic heterocycles. The summed E-state index contributed by atoms with van der Waals surface area (Å²) in [5.74, 6) is -0.555. The molecular weight excluding hydrogens is 398 g/mol. The average Bonchev–Trinajstić information content (AvgIpc) is 3.03. The smallest absolute Gasteiger partial charge is 0.243 e. The molecule has 1 saturated carbocycles. The van der Waals surface area contributed by atoms with E-state index in [0.29, 0.717) is 24.9 Å². The zero-order chi connectivity index (χ0) is 21.4. The molecule has 4 atom stereocenters. The predicted octanol–water partition coefficient (Wildman–Crippen LogP) is 0.992. The van der Waals surface area contributed by atoms with E-state index >= 15 is 0 Å². The van der Waals surface area contributed by atoms with Crippen molar-refractivity contribution in [1.29, 1.82) is 0 Å². The number of carbonyl (C=O) groups is 1. The summed E-state index contributed by atoms with van der Waals surface area (Å²) in [5, 5.41) is 13.9. The molecule has 3 rings (SSSR count). The molecule has 1 aliphatic heterocycles. The summed E-state index contributed by atoms with van der Waals surface area (Å²) in [4.78, 5) is 23.7. The van der Waals surface area contributed by atoms with Gasteiger partial charge in [-0.3, -0.25) is 20.3 Å². The maximum atomic E-state index is 12.8. The van der Waals surface area contributed by atoms with Crippen LogP contribution in [0.15, 0.2) is 29.2 Å². The van der Waals surface area contributed by atoms with Crippen LogP contribution < -0.4 is 20.9 Å². The third kappa shape index (κ3) is 5.10. The lowest BCUT2D eigenvalue weighted by atomic mass is 9.79. The first kappa shape index (κ1) is 21.6. The van der Waals surface area contributed by atoms with Gasteiger partial charge in [-0.25, -0.2) is 18.6 Å². The Morgan fingerprint density at radius 2 is 1.97 bits per heavy atom. The largest absolute Gasteiger partial charge is 0.325 e. The molecule has 1 aromatic carbocycles. The van der Waals surface area contributed by atoms with E-state index in [1.807, 2.05) is 0 Å². The van der Waals surface area contributed by atoms with Crippen molar-refractivity contribution in [3.63, 3.8) is 0 Å². The fourth-order valence-electron chi connectivity index (χ4n) is 3.91. The molecule has 160 valence electrons. The Kier molecular flexibility index (Phi) is 5.95. The zero-order valence-corrected chi connectivity index (χ0v) is 17.5. The number of fused-ring (bicyclic) bond motifs is 1. The summed E-state index contributed by atoms with van der Waals surface area (Å²) in [7, 11) is -3.74. The molecule has 1 amide bonds. The lowest BCUT2D eigenvalue weighted by Crippen LogP contribution is -2.44. The van der Waals surface area contributed by atoms with Gasteiger partial charge in [0.1, 0.15) is 6.04 Å². The van der Waals surface area contributed by atoms with Crippen molar-refractivity contribution < 1.29 is 18.1 Å². The zero-order valence-electron chi connectivity index (χ0n) is 16.6. The van der Waals surface area contributed by atoms with Gasteiger partial charge in [-0.15, -0.1) is 0 Å². The van der Waals surface area contributed by atoms with Crippen LogP contribution in [-0.2, 0) is 14.8 Å². The molecule has 11 heteroatoms. The van der Waals surface area contributed by atoms with Gasteiger partial charge in [-0.1, -0.05) is 6.07 Å². The van der Waals surface area contributed by atoms with Crippen LogP contribution in [0.5, 0.6) is 0 Å². The van der Waals surface area contributed by atoms with Crippen LogP contribution in [0.2, 0.25) is 0 Å². The summed E-state index contributed by atoms with van der Waals surface area (Å²) in [5.41, 5.74) is 5.70. The minimum absolute atomic E-state index is 0.00430. The van der Waals surface area contributed by atoms with Gasteiger partial charge in [0.2, 0.25) is 22.0 Å². The van der Waals surface area contributed by atoms with E-state index in [2.05, 4.69) is 20.9 Å². The Balaban J connectivity index is 1.72. The van der Waals surface area contributed by atoms with Gasteiger partial charge >= 0.3 is 0 Å². The van der Waals surface area contributed by atoms with Gasteiger partial charge in [-0.05, 0) is 45.4 Å². The molecule has 1 saturated heterocycles. The SMILES string of the molecule is CC(C)(C)NS(=O)(=O)c1cccc(NC(=O)C2NNC3CCC([N+](=O)[O-])CC32)c1. The van der Waals surface area contributed by atoms with E-state index < -0.39 is 27.6 Å². The summed E-state index contributed by atoms with van der Waals surface area (Å²) < 4.78 is 27.6. The Labute approximate surface area is 170 Å². The number of nitro groups is 1. The number of anilines is 1. The van der Waals surface area contributed by atoms with E-state index in [-0.39, 0.29) is 27.7 Å². The van der Waals surface area contributed by atoms with Gasteiger partial charge in [0.05, 0.1) is 4.90 Å². The third-order valence-corrected chi connectivity index (χ3v) is 6.91. The normalized spacial score (nSPS) is 27.3. The first-order chi connectivity index (χ1) is 13.5. The van der Waals surface area contributed by atoms with Crippen molar-refractivity contribution in [2.24, 2.45) is 5.92 Å². The molecule has 0 bridgehead atoms. The molecule has 10 nitrogen and oxygen atoms in total. The van der Waals surface area contributed by atoms with Crippen LogP contribution in [0.4, 0.5) is 5.69 Å². The van der Waals surface area contributed by atoms with Crippen molar-refractivity contribution >= 4 is 21.6 Å². The van der Waals surface area contributed by atoms with Gasteiger partial charge in [0, 0.05) is 41.0 Å². The van der Waals surface area contributed by atoms with Gasteiger partial charge in [0.15, 0.2) is 0 Å². The second kappa shape index (κ2) is 7.98. The molecule has 2 aliphatic rings. The number of carbonyl (C=O) groups excluding carboxylic acids is 1. The van der Waals surface area contributed by atoms with Gasteiger partial charge in [-0.2, -0.15) is 0 Å². The third-order valence-electron chi connectivity index (χ3n) is 5.16. The molecule has 1 heterocycles. The summed E-state index contributed by atoms with van der Waals surface area (Å²) in [6.45, 7) is 5.23. The Morgan fingerprint density at radius 3 is 2.62 bits per heavy atom. The van der Waals surface area contributed by atoms with Crippen LogP contribution in [0.1, 0.15) is 40.0 Å². The number of hydrogen-bond acceptors (Lipinski definition) is 7.